The van der Waals surface area contributed by atoms with Crippen LogP contribution in [0.2, 0.25) is 0 Å². The predicted molar refractivity (Wildman–Crippen MR) is 70.7 cm³/mol. The summed E-state index contributed by atoms with van der Waals surface area (Å²) >= 11 is 0. The van der Waals surface area contributed by atoms with E-state index in [2.05, 4.69) is 10.6 Å². The number of amides is 3. The van der Waals surface area contributed by atoms with E-state index in [1.165, 1.54) is 0 Å². The lowest BCUT2D eigenvalue weighted by atomic mass is 10.2. The van der Waals surface area contributed by atoms with Crippen molar-refractivity contribution < 1.29 is 19.5 Å². The second-order valence-corrected chi connectivity index (χ2v) is 4.89. The van der Waals surface area contributed by atoms with Crippen LogP contribution < -0.4 is 10.6 Å². The molecule has 110 valence electrons. The molecule has 7 heteroatoms. The third-order valence-electron chi connectivity index (χ3n) is 2.63. The number of urea groups is 1. The predicted octanol–water partition coefficient (Wildman–Crippen LogP) is 0.263. The fourth-order valence-corrected chi connectivity index (χ4v) is 1.22. The molecule has 0 rings (SSSR count). The van der Waals surface area contributed by atoms with Gasteiger partial charge < -0.3 is 10.4 Å². The molecule has 0 aliphatic carbocycles. The number of aliphatic carboxylic acids is 1. The van der Waals surface area contributed by atoms with Crippen LogP contribution in [0.4, 0.5) is 4.79 Å². The molecule has 19 heavy (non-hydrogen) atoms. The standard InChI is InChI=1S/C12H23N3O4/c1-8(2)7-13-12(19)14-11(18)9(3)15(4)6-5-10(16)17/h8-9H,5-7H2,1-4H3,(H,16,17)(H2,13,14,18,19). The summed E-state index contributed by atoms with van der Waals surface area (Å²) in [7, 11) is 1.64. The number of carbonyl (C=O) groups excluding carboxylic acids is 2. The molecular weight excluding hydrogens is 250 g/mol. The van der Waals surface area contributed by atoms with Gasteiger partial charge in [-0.15, -0.1) is 0 Å². The summed E-state index contributed by atoms with van der Waals surface area (Å²) in [6.07, 6.45) is -0.0480. The topological polar surface area (TPSA) is 98.7 Å². The molecule has 0 saturated carbocycles. The number of likely N-dealkylation sites (N-methyl/N-ethyl adjacent to an activating group) is 1. The minimum atomic E-state index is -0.922. The molecule has 0 spiro atoms. The minimum absolute atomic E-state index is 0.0480. The Morgan fingerprint density at radius 1 is 1.21 bits per heavy atom. The van der Waals surface area contributed by atoms with Gasteiger partial charge in [-0.05, 0) is 19.9 Å². The molecular formula is C12H23N3O4. The van der Waals surface area contributed by atoms with E-state index in [0.29, 0.717) is 12.5 Å². The highest BCUT2D eigenvalue weighted by molar-refractivity contribution is 5.96. The van der Waals surface area contributed by atoms with E-state index in [0.717, 1.165) is 0 Å². The van der Waals surface area contributed by atoms with Gasteiger partial charge in [0.05, 0.1) is 12.5 Å². The summed E-state index contributed by atoms with van der Waals surface area (Å²) in [6.45, 7) is 6.25. The van der Waals surface area contributed by atoms with Crippen LogP contribution in [0.3, 0.4) is 0 Å². The Kier molecular flexibility index (Phi) is 7.74. The Bertz CT molecular complexity index is 331. The first-order valence-electron chi connectivity index (χ1n) is 6.24. The van der Waals surface area contributed by atoms with Crippen LogP contribution in [0.15, 0.2) is 0 Å². The number of rotatable bonds is 7. The first-order valence-corrected chi connectivity index (χ1v) is 6.24. The molecule has 0 aromatic carbocycles. The Hall–Kier alpha value is -1.63. The molecule has 7 nitrogen and oxygen atoms in total. The molecule has 0 heterocycles. The summed E-state index contributed by atoms with van der Waals surface area (Å²) in [6, 6.07) is -1.10. The van der Waals surface area contributed by atoms with Gasteiger partial charge in [-0.25, -0.2) is 4.79 Å². The molecule has 0 radical (unpaired) electrons. The van der Waals surface area contributed by atoms with Crippen molar-refractivity contribution in [3.63, 3.8) is 0 Å². The van der Waals surface area contributed by atoms with Crippen LogP contribution in [-0.4, -0.2) is 54.1 Å². The summed E-state index contributed by atoms with van der Waals surface area (Å²) in [5.74, 6) is -1.07. The molecule has 3 N–H and O–H groups in total. The first-order chi connectivity index (χ1) is 8.73. The number of hydrogen-bond donors (Lipinski definition) is 3. The second-order valence-electron chi connectivity index (χ2n) is 4.89. The van der Waals surface area contributed by atoms with Crippen LogP contribution >= 0.6 is 0 Å². The van der Waals surface area contributed by atoms with E-state index in [1.54, 1.807) is 18.9 Å². The van der Waals surface area contributed by atoms with E-state index < -0.39 is 23.9 Å². The average molecular weight is 273 g/mol. The maximum absolute atomic E-state index is 11.7. The van der Waals surface area contributed by atoms with E-state index in [1.807, 2.05) is 13.8 Å². The first kappa shape index (κ1) is 17.4. The summed E-state index contributed by atoms with van der Waals surface area (Å²) in [4.78, 5) is 35.1. The molecule has 0 saturated heterocycles. The van der Waals surface area contributed by atoms with Crippen LogP contribution in [0.1, 0.15) is 27.2 Å². The van der Waals surface area contributed by atoms with Crippen LogP contribution in [0.5, 0.6) is 0 Å². The third-order valence-corrected chi connectivity index (χ3v) is 2.63. The zero-order valence-electron chi connectivity index (χ0n) is 11.9. The van der Waals surface area contributed by atoms with Gasteiger partial charge in [0.1, 0.15) is 0 Å². The largest absolute Gasteiger partial charge is 0.481 e. The van der Waals surface area contributed by atoms with Gasteiger partial charge in [0.2, 0.25) is 5.91 Å². The van der Waals surface area contributed by atoms with Gasteiger partial charge in [0.25, 0.3) is 0 Å². The summed E-state index contributed by atoms with van der Waals surface area (Å²) in [5, 5.41) is 13.4. The fourth-order valence-electron chi connectivity index (χ4n) is 1.22. The van der Waals surface area contributed by atoms with Crippen molar-refractivity contribution in [2.75, 3.05) is 20.1 Å². The smallest absolute Gasteiger partial charge is 0.321 e. The van der Waals surface area contributed by atoms with Crippen molar-refractivity contribution in [1.29, 1.82) is 0 Å². The Labute approximate surface area is 113 Å². The summed E-state index contributed by atoms with van der Waals surface area (Å²) < 4.78 is 0. The van der Waals surface area contributed by atoms with Crippen molar-refractivity contribution in [2.45, 2.75) is 33.2 Å². The zero-order chi connectivity index (χ0) is 15.0. The van der Waals surface area contributed by atoms with Crippen LogP contribution in [0.25, 0.3) is 0 Å². The molecule has 0 aromatic rings. The molecule has 0 fully saturated rings. The summed E-state index contributed by atoms with van der Waals surface area (Å²) in [5.41, 5.74) is 0. The van der Waals surface area contributed by atoms with Crippen molar-refractivity contribution >= 4 is 17.9 Å². The van der Waals surface area contributed by atoms with Crippen molar-refractivity contribution in [3.05, 3.63) is 0 Å². The number of carboxylic acid groups (broad SMARTS) is 1. The molecule has 1 atom stereocenters. The maximum atomic E-state index is 11.7. The Balaban J connectivity index is 4.11. The third kappa shape index (κ3) is 8.15. The molecule has 3 amide bonds. The number of carboxylic acids is 1. The second kappa shape index (κ2) is 8.47. The number of hydrogen-bond acceptors (Lipinski definition) is 4. The van der Waals surface area contributed by atoms with Gasteiger partial charge in [0.15, 0.2) is 0 Å². The molecule has 0 aliphatic rings. The molecule has 1 unspecified atom stereocenters. The highest BCUT2D eigenvalue weighted by atomic mass is 16.4. The molecule has 0 aliphatic heterocycles. The normalized spacial score (nSPS) is 12.3. The quantitative estimate of drug-likeness (QED) is 0.618. The average Bonchev–Trinajstić information content (AvgIpc) is 2.32. The Morgan fingerprint density at radius 2 is 1.79 bits per heavy atom. The van der Waals surface area contributed by atoms with Crippen LogP contribution in [0, 0.1) is 5.92 Å². The van der Waals surface area contributed by atoms with Gasteiger partial charge in [0, 0.05) is 13.1 Å². The van der Waals surface area contributed by atoms with Gasteiger partial charge in [-0.2, -0.15) is 0 Å². The Morgan fingerprint density at radius 3 is 2.26 bits per heavy atom. The van der Waals surface area contributed by atoms with Crippen molar-refractivity contribution in [2.24, 2.45) is 5.92 Å². The van der Waals surface area contributed by atoms with Gasteiger partial charge in [-0.3, -0.25) is 19.8 Å². The number of imide groups is 1. The van der Waals surface area contributed by atoms with Crippen LogP contribution in [-0.2, 0) is 9.59 Å². The number of carbonyl (C=O) groups is 3. The number of nitrogens with one attached hydrogen (secondary N) is 2. The van der Waals surface area contributed by atoms with E-state index in [9.17, 15) is 14.4 Å². The zero-order valence-corrected chi connectivity index (χ0v) is 11.9. The monoisotopic (exact) mass is 273 g/mol. The van der Waals surface area contributed by atoms with Gasteiger partial charge >= 0.3 is 12.0 Å². The fraction of sp³-hybridized carbons (Fsp3) is 0.750. The lowest BCUT2D eigenvalue weighted by Crippen LogP contribution is -2.49. The van der Waals surface area contributed by atoms with E-state index in [-0.39, 0.29) is 13.0 Å². The minimum Gasteiger partial charge on any atom is -0.481 e. The van der Waals surface area contributed by atoms with Gasteiger partial charge in [-0.1, -0.05) is 13.8 Å². The lowest BCUT2D eigenvalue weighted by Gasteiger charge is -2.22. The highest BCUT2D eigenvalue weighted by Crippen LogP contribution is 1.97. The number of nitrogens with zero attached hydrogens (tertiary/aromatic N) is 1. The van der Waals surface area contributed by atoms with E-state index >= 15 is 0 Å². The maximum Gasteiger partial charge on any atom is 0.321 e. The highest BCUT2D eigenvalue weighted by Gasteiger charge is 2.20. The lowest BCUT2D eigenvalue weighted by molar-refractivity contribution is -0.138. The SMILES string of the molecule is CC(C)CNC(=O)NC(=O)C(C)N(C)CCC(=O)O. The van der Waals surface area contributed by atoms with Crippen molar-refractivity contribution in [3.8, 4) is 0 Å². The molecule has 0 aromatic heterocycles. The van der Waals surface area contributed by atoms with E-state index in [4.69, 9.17) is 5.11 Å². The molecule has 0 bridgehead atoms. The van der Waals surface area contributed by atoms with Crippen molar-refractivity contribution in [1.82, 2.24) is 15.5 Å².